The standard InChI is InChI=1S/C21H23N5O4/c27-19(14-25-17-6-1-2-7-18(17)30-21(25)29)23-9-11-24(12-10-23)20(28)15-13-22-26-8-4-3-5-16(15)26/h1-2,6-7,13H,3-5,8-12,14H2. The second kappa shape index (κ2) is 7.47. The number of aryl methyl sites for hydroxylation is 1. The zero-order valence-corrected chi connectivity index (χ0v) is 16.6. The number of hydrogen-bond donors (Lipinski definition) is 0. The molecule has 0 bridgehead atoms. The van der Waals surface area contributed by atoms with Crippen molar-refractivity contribution in [2.45, 2.75) is 32.4 Å². The molecule has 5 rings (SSSR count). The lowest BCUT2D eigenvalue weighted by molar-refractivity contribution is -0.133. The number of carbonyl (C=O) groups is 2. The molecule has 1 aromatic carbocycles. The normalized spacial score (nSPS) is 16.7. The van der Waals surface area contributed by atoms with Crippen LogP contribution in [0.5, 0.6) is 0 Å². The molecule has 2 aliphatic heterocycles. The second-order valence-corrected chi connectivity index (χ2v) is 7.78. The molecule has 0 atom stereocenters. The lowest BCUT2D eigenvalue weighted by Gasteiger charge is -2.35. The van der Waals surface area contributed by atoms with Gasteiger partial charge in [-0.2, -0.15) is 5.10 Å². The van der Waals surface area contributed by atoms with Crippen LogP contribution in [0.4, 0.5) is 0 Å². The number of rotatable bonds is 3. The van der Waals surface area contributed by atoms with Gasteiger partial charge in [0.15, 0.2) is 5.58 Å². The number of fused-ring (bicyclic) bond motifs is 2. The Bertz CT molecular complexity index is 1170. The second-order valence-electron chi connectivity index (χ2n) is 7.78. The fourth-order valence-corrected chi connectivity index (χ4v) is 4.33. The van der Waals surface area contributed by atoms with Gasteiger partial charge < -0.3 is 14.2 Å². The van der Waals surface area contributed by atoms with E-state index in [1.807, 2.05) is 4.68 Å². The van der Waals surface area contributed by atoms with Crippen molar-refractivity contribution in [1.29, 1.82) is 0 Å². The average Bonchev–Trinajstić information content (AvgIpc) is 3.34. The Morgan fingerprint density at radius 3 is 2.60 bits per heavy atom. The molecule has 0 unspecified atom stereocenters. The van der Waals surface area contributed by atoms with Gasteiger partial charge in [-0.25, -0.2) is 4.79 Å². The van der Waals surface area contributed by atoms with Crippen LogP contribution in [-0.2, 0) is 24.3 Å². The first kappa shape index (κ1) is 18.7. The molecule has 0 saturated carbocycles. The lowest BCUT2D eigenvalue weighted by Crippen LogP contribution is -2.51. The summed E-state index contributed by atoms with van der Waals surface area (Å²) in [5.41, 5.74) is 2.78. The van der Waals surface area contributed by atoms with Crippen molar-refractivity contribution in [3.8, 4) is 0 Å². The van der Waals surface area contributed by atoms with Gasteiger partial charge in [0.25, 0.3) is 5.91 Å². The van der Waals surface area contributed by atoms with Crippen LogP contribution in [0, 0.1) is 0 Å². The van der Waals surface area contributed by atoms with Crippen LogP contribution >= 0.6 is 0 Å². The maximum Gasteiger partial charge on any atom is 0.420 e. The number of aromatic nitrogens is 3. The zero-order valence-electron chi connectivity index (χ0n) is 16.6. The van der Waals surface area contributed by atoms with Gasteiger partial charge in [-0.05, 0) is 31.4 Å². The van der Waals surface area contributed by atoms with Gasteiger partial charge in [-0.1, -0.05) is 12.1 Å². The van der Waals surface area contributed by atoms with E-state index >= 15 is 0 Å². The summed E-state index contributed by atoms with van der Waals surface area (Å²) in [6.07, 6.45) is 4.73. The number of oxazole rings is 1. The summed E-state index contributed by atoms with van der Waals surface area (Å²) >= 11 is 0. The first-order valence-electron chi connectivity index (χ1n) is 10.3. The van der Waals surface area contributed by atoms with E-state index in [1.54, 1.807) is 40.3 Å². The number of nitrogens with zero attached hydrogens (tertiary/aromatic N) is 5. The first-order valence-corrected chi connectivity index (χ1v) is 10.3. The van der Waals surface area contributed by atoms with Gasteiger partial charge in [0.2, 0.25) is 5.91 Å². The summed E-state index contributed by atoms with van der Waals surface area (Å²) in [4.78, 5) is 41.3. The highest BCUT2D eigenvalue weighted by Crippen LogP contribution is 2.20. The topological polar surface area (TPSA) is 93.6 Å². The van der Waals surface area contributed by atoms with Gasteiger partial charge in [0.05, 0.1) is 23.0 Å². The lowest BCUT2D eigenvalue weighted by atomic mass is 10.1. The highest BCUT2D eigenvalue weighted by molar-refractivity contribution is 5.95. The molecular weight excluding hydrogens is 386 g/mol. The molecule has 2 aromatic heterocycles. The molecule has 0 radical (unpaired) electrons. The third-order valence-corrected chi connectivity index (χ3v) is 6.00. The SMILES string of the molecule is O=C(Cn1c(=O)oc2ccccc21)N1CCN(C(=O)c2cnn3c2CCCC3)CC1. The van der Waals surface area contributed by atoms with Crippen molar-refractivity contribution in [2.75, 3.05) is 26.2 Å². The van der Waals surface area contributed by atoms with Crippen molar-refractivity contribution in [3.05, 3.63) is 52.3 Å². The van der Waals surface area contributed by atoms with Crippen LogP contribution in [0.15, 0.2) is 39.7 Å². The maximum absolute atomic E-state index is 13.0. The Hall–Kier alpha value is -3.36. The van der Waals surface area contributed by atoms with Crippen molar-refractivity contribution in [2.24, 2.45) is 0 Å². The van der Waals surface area contributed by atoms with Gasteiger partial charge in [-0.3, -0.25) is 18.8 Å². The molecule has 0 aliphatic carbocycles. The summed E-state index contributed by atoms with van der Waals surface area (Å²) in [6.45, 7) is 2.62. The molecule has 0 N–H and O–H groups in total. The Balaban J connectivity index is 1.24. The molecule has 2 amide bonds. The van der Waals surface area contributed by atoms with Crippen molar-refractivity contribution in [3.63, 3.8) is 0 Å². The molecule has 2 aliphatic rings. The third-order valence-electron chi connectivity index (χ3n) is 6.00. The summed E-state index contributed by atoms with van der Waals surface area (Å²) in [7, 11) is 0. The smallest absolute Gasteiger partial charge is 0.408 e. The predicted molar refractivity (Wildman–Crippen MR) is 108 cm³/mol. The van der Waals surface area contributed by atoms with E-state index in [2.05, 4.69) is 5.10 Å². The molecule has 3 aromatic rings. The van der Waals surface area contributed by atoms with Crippen LogP contribution in [0.3, 0.4) is 0 Å². The quantitative estimate of drug-likeness (QED) is 0.646. The van der Waals surface area contributed by atoms with Crippen molar-refractivity contribution in [1.82, 2.24) is 24.1 Å². The Kier molecular flexibility index (Phi) is 4.65. The Morgan fingerprint density at radius 1 is 1.00 bits per heavy atom. The maximum atomic E-state index is 13.0. The fourth-order valence-electron chi connectivity index (χ4n) is 4.33. The van der Waals surface area contributed by atoms with E-state index in [-0.39, 0.29) is 18.4 Å². The van der Waals surface area contributed by atoms with Crippen LogP contribution in [0.25, 0.3) is 11.1 Å². The number of carbonyl (C=O) groups excluding carboxylic acids is 2. The average molecular weight is 409 g/mol. The van der Waals surface area contributed by atoms with E-state index in [0.717, 1.165) is 31.5 Å². The van der Waals surface area contributed by atoms with E-state index in [9.17, 15) is 14.4 Å². The largest absolute Gasteiger partial charge is 0.420 e. The Morgan fingerprint density at radius 2 is 1.77 bits per heavy atom. The van der Waals surface area contributed by atoms with E-state index in [0.29, 0.717) is 42.8 Å². The number of amides is 2. The number of piperazine rings is 1. The van der Waals surface area contributed by atoms with E-state index < -0.39 is 5.76 Å². The number of para-hydroxylation sites is 2. The predicted octanol–water partition coefficient (Wildman–Crippen LogP) is 1.11. The van der Waals surface area contributed by atoms with E-state index in [4.69, 9.17) is 4.42 Å². The molecule has 4 heterocycles. The van der Waals surface area contributed by atoms with E-state index in [1.165, 1.54) is 4.57 Å². The molecule has 1 fully saturated rings. The molecule has 9 nitrogen and oxygen atoms in total. The van der Waals surface area contributed by atoms with Crippen LogP contribution < -0.4 is 5.76 Å². The fraction of sp³-hybridized carbons (Fsp3) is 0.429. The highest BCUT2D eigenvalue weighted by atomic mass is 16.4. The zero-order chi connectivity index (χ0) is 20.7. The third kappa shape index (κ3) is 3.20. The molecule has 0 spiro atoms. The highest BCUT2D eigenvalue weighted by Gasteiger charge is 2.28. The molecule has 30 heavy (non-hydrogen) atoms. The summed E-state index contributed by atoms with van der Waals surface area (Å²) in [6, 6.07) is 7.05. The first-order chi connectivity index (χ1) is 14.6. The Labute approximate surface area is 172 Å². The molecule has 1 saturated heterocycles. The van der Waals surface area contributed by atoms with Crippen LogP contribution in [0.2, 0.25) is 0 Å². The minimum Gasteiger partial charge on any atom is -0.408 e. The van der Waals surface area contributed by atoms with Gasteiger partial charge >= 0.3 is 5.76 Å². The molecular formula is C21H23N5O4. The van der Waals surface area contributed by atoms with Crippen molar-refractivity contribution >= 4 is 22.9 Å². The van der Waals surface area contributed by atoms with Crippen LogP contribution in [0.1, 0.15) is 28.9 Å². The summed E-state index contributed by atoms with van der Waals surface area (Å²) < 4.78 is 8.49. The minimum atomic E-state index is -0.538. The van der Waals surface area contributed by atoms with Crippen molar-refractivity contribution < 1.29 is 14.0 Å². The molecule has 9 heteroatoms. The number of benzene rings is 1. The number of hydrogen-bond acceptors (Lipinski definition) is 5. The minimum absolute atomic E-state index is 0.0118. The monoisotopic (exact) mass is 409 g/mol. The van der Waals surface area contributed by atoms with Crippen LogP contribution in [-0.4, -0.2) is 62.1 Å². The van der Waals surface area contributed by atoms with Gasteiger partial charge in [-0.15, -0.1) is 0 Å². The molecule has 156 valence electrons. The summed E-state index contributed by atoms with van der Waals surface area (Å²) in [5.74, 6) is -0.703. The van der Waals surface area contributed by atoms with Gasteiger partial charge in [0, 0.05) is 32.7 Å². The summed E-state index contributed by atoms with van der Waals surface area (Å²) in [5, 5.41) is 4.35. The van der Waals surface area contributed by atoms with Gasteiger partial charge in [0.1, 0.15) is 6.54 Å².